The maximum Gasteiger partial charge on any atom is 0.137 e. The van der Waals surface area contributed by atoms with Gasteiger partial charge in [0.15, 0.2) is 0 Å². The predicted octanol–water partition coefficient (Wildman–Crippen LogP) is -0.261. The largest absolute Gasteiger partial charge is 0.388 e. The first-order valence-corrected chi connectivity index (χ1v) is 7.11. The van der Waals surface area contributed by atoms with E-state index in [1.54, 1.807) is 0 Å². The summed E-state index contributed by atoms with van der Waals surface area (Å²) in [6.45, 7) is 0.620. The summed E-state index contributed by atoms with van der Waals surface area (Å²) < 4.78 is 5.30. The molecule has 114 valence electrons. The Hall–Kier alpha value is -1.44. The summed E-state index contributed by atoms with van der Waals surface area (Å²) in [5, 5.41) is 33.1. The third kappa shape index (κ3) is 2.95. The van der Waals surface area contributed by atoms with Crippen LogP contribution in [0.2, 0.25) is 0 Å². The third-order valence-electron chi connectivity index (χ3n) is 3.92. The number of H-pyrrole nitrogens is 1. The summed E-state index contributed by atoms with van der Waals surface area (Å²) in [6, 6.07) is 8.07. The minimum atomic E-state index is -1.18. The van der Waals surface area contributed by atoms with Crippen molar-refractivity contribution in [3.63, 3.8) is 0 Å². The van der Waals surface area contributed by atoms with E-state index in [-0.39, 0.29) is 6.61 Å². The molecule has 4 atom stereocenters. The van der Waals surface area contributed by atoms with Crippen LogP contribution in [-0.4, -0.2) is 58.0 Å². The molecular formula is C15H20N2O4. The maximum absolute atomic E-state index is 9.83. The fourth-order valence-corrected chi connectivity index (χ4v) is 2.67. The molecule has 0 radical (unpaired) electrons. The zero-order valence-electron chi connectivity index (χ0n) is 11.6. The van der Waals surface area contributed by atoms with Crippen LogP contribution in [0.15, 0.2) is 30.5 Å². The molecule has 0 amide bonds. The molecule has 1 aliphatic rings. The van der Waals surface area contributed by atoms with Gasteiger partial charge in [-0.05, 0) is 18.1 Å². The summed E-state index contributed by atoms with van der Waals surface area (Å²) in [5.41, 5.74) is 2.28. The number of hydrogen-bond donors (Lipinski definition) is 5. The van der Waals surface area contributed by atoms with Crippen molar-refractivity contribution >= 4 is 10.9 Å². The Kier molecular flexibility index (Phi) is 4.23. The molecule has 1 aromatic heterocycles. The zero-order valence-corrected chi connectivity index (χ0v) is 11.6. The molecule has 1 fully saturated rings. The highest BCUT2D eigenvalue weighted by atomic mass is 16.5. The molecule has 2 aromatic rings. The Balaban J connectivity index is 1.56. The Bertz CT molecular complexity index is 600. The molecule has 0 spiro atoms. The molecule has 3 rings (SSSR count). The van der Waals surface area contributed by atoms with Gasteiger partial charge in [-0.15, -0.1) is 0 Å². The van der Waals surface area contributed by atoms with Gasteiger partial charge >= 0.3 is 0 Å². The number of rotatable bonds is 4. The first-order valence-electron chi connectivity index (χ1n) is 7.11. The highest BCUT2D eigenvalue weighted by Crippen LogP contribution is 2.18. The Morgan fingerprint density at radius 2 is 2.00 bits per heavy atom. The molecule has 6 nitrogen and oxygen atoms in total. The van der Waals surface area contributed by atoms with Gasteiger partial charge in [0, 0.05) is 23.6 Å². The predicted molar refractivity (Wildman–Crippen MR) is 77.8 cm³/mol. The lowest BCUT2D eigenvalue weighted by Gasteiger charge is -2.35. The van der Waals surface area contributed by atoms with Crippen LogP contribution in [0.3, 0.4) is 0 Å². The van der Waals surface area contributed by atoms with Crippen molar-refractivity contribution in [3.05, 3.63) is 36.0 Å². The molecule has 2 heterocycles. The van der Waals surface area contributed by atoms with Gasteiger partial charge in [-0.2, -0.15) is 0 Å². The Morgan fingerprint density at radius 3 is 2.86 bits per heavy atom. The number of aromatic amines is 1. The van der Waals surface area contributed by atoms with Gasteiger partial charge in [0.1, 0.15) is 24.5 Å². The fourth-order valence-electron chi connectivity index (χ4n) is 2.67. The molecule has 1 aliphatic heterocycles. The van der Waals surface area contributed by atoms with Crippen LogP contribution in [0.25, 0.3) is 10.9 Å². The van der Waals surface area contributed by atoms with E-state index in [2.05, 4.69) is 16.4 Å². The molecule has 1 aromatic carbocycles. The van der Waals surface area contributed by atoms with Crippen molar-refractivity contribution in [2.75, 3.05) is 13.2 Å². The molecular weight excluding hydrogens is 272 g/mol. The Morgan fingerprint density at radius 1 is 1.19 bits per heavy atom. The van der Waals surface area contributed by atoms with Gasteiger partial charge in [-0.25, -0.2) is 0 Å². The van der Waals surface area contributed by atoms with Crippen LogP contribution in [0.1, 0.15) is 5.56 Å². The number of para-hydroxylation sites is 1. The van der Waals surface area contributed by atoms with Crippen LogP contribution in [0.4, 0.5) is 0 Å². The number of hydrogen-bond acceptors (Lipinski definition) is 5. The molecule has 1 saturated heterocycles. The average Bonchev–Trinajstić information content (AvgIpc) is 2.91. The lowest BCUT2D eigenvalue weighted by molar-refractivity contribution is -0.194. The van der Waals surface area contributed by atoms with E-state index in [4.69, 9.17) is 4.74 Å². The molecule has 0 aliphatic carbocycles. The molecule has 6 heteroatoms. The molecule has 5 N–H and O–H groups in total. The lowest BCUT2D eigenvalue weighted by atomic mass is 10.0. The number of aliphatic hydroxyl groups excluding tert-OH is 3. The Labute approximate surface area is 122 Å². The minimum Gasteiger partial charge on any atom is -0.388 e. The second-order valence-corrected chi connectivity index (χ2v) is 5.37. The number of ether oxygens (including phenoxy) is 1. The van der Waals surface area contributed by atoms with Crippen molar-refractivity contribution in [1.82, 2.24) is 10.3 Å². The summed E-state index contributed by atoms with van der Waals surface area (Å²) in [6.07, 6.45) is -1.25. The zero-order chi connectivity index (χ0) is 14.8. The smallest absolute Gasteiger partial charge is 0.137 e. The van der Waals surface area contributed by atoms with Crippen molar-refractivity contribution in [2.45, 2.75) is 31.0 Å². The van der Waals surface area contributed by atoms with Crippen LogP contribution in [0.5, 0.6) is 0 Å². The molecule has 0 unspecified atom stereocenters. The van der Waals surface area contributed by atoms with Crippen molar-refractivity contribution < 1.29 is 20.1 Å². The monoisotopic (exact) mass is 292 g/mol. The number of aliphatic hydroxyl groups is 3. The normalized spacial score (nSPS) is 29.9. The van der Waals surface area contributed by atoms with E-state index < -0.39 is 24.5 Å². The van der Waals surface area contributed by atoms with E-state index in [1.165, 1.54) is 10.9 Å². The van der Waals surface area contributed by atoms with Crippen LogP contribution in [0, 0.1) is 0 Å². The summed E-state index contributed by atoms with van der Waals surface area (Å²) in [7, 11) is 0. The van der Waals surface area contributed by atoms with Gasteiger partial charge in [-0.3, -0.25) is 5.32 Å². The number of aromatic nitrogens is 1. The topological polar surface area (TPSA) is 97.7 Å². The fraction of sp³-hybridized carbons (Fsp3) is 0.467. The van der Waals surface area contributed by atoms with Crippen LogP contribution >= 0.6 is 0 Å². The van der Waals surface area contributed by atoms with Gasteiger partial charge < -0.3 is 25.0 Å². The van der Waals surface area contributed by atoms with Crippen molar-refractivity contribution in [1.29, 1.82) is 0 Å². The molecule has 0 saturated carbocycles. The second kappa shape index (κ2) is 6.13. The SMILES string of the molecule is O[C@@H]1[C@H](O)[C@H](O)CO[C@H]1NCCc1c[nH]c2ccccc12. The second-order valence-electron chi connectivity index (χ2n) is 5.37. The van der Waals surface area contributed by atoms with Gasteiger partial charge in [0.25, 0.3) is 0 Å². The van der Waals surface area contributed by atoms with Crippen LogP contribution in [-0.2, 0) is 11.2 Å². The summed E-state index contributed by atoms with van der Waals surface area (Å²) in [4.78, 5) is 3.22. The first-order chi connectivity index (χ1) is 10.2. The number of fused-ring (bicyclic) bond motifs is 1. The molecule has 0 bridgehead atoms. The first kappa shape index (κ1) is 14.5. The minimum absolute atomic E-state index is 0.0168. The standard InChI is InChI=1S/C15H20N2O4/c18-12-8-21-15(14(20)13(12)19)16-6-5-9-7-17-11-4-2-1-3-10(9)11/h1-4,7,12-20H,5-6,8H2/t12-,13-,14-,15-/m1/s1. The van der Waals surface area contributed by atoms with E-state index in [0.29, 0.717) is 6.54 Å². The van der Waals surface area contributed by atoms with E-state index >= 15 is 0 Å². The summed E-state index contributed by atoms with van der Waals surface area (Å²) in [5.74, 6) is 0. The van der Waals surface area contributed by atoms with Gasteiger partial charge in [0.05, 0.1) is 6.61 Å². The van der Waals surface area contributed by atoms with Gasteiger partial charge in [-0.1, -0.05) is 18.2 Å². The van der Waals surface area contributed by atoms with Crippen molar-refractivity contribution in [3.8, 4) is 0 Å². The van der Waals surface area contributed by atoms with E-state index in [0.717, 1.165) is 11.9 Å². The summed E-state index contributed by atoms with van der Waals surface area (Å²) >= 11 is 0. The number of benzene rings is 1. The molecule has 21 heavy (non-hydrogen) atoms. The number of nitrogens with one attached hydrogen (secondary N) is 2. The maximum atomic E-state index is 9.83. The third-order valence-corrected chi connectivity index (χ3v) is 3.92. The van der Waals surface area contributed by atoms with E-state index in [9.17, 15) is 15.3 Å². The van der Waals surface area contributed by atoms with Gasteiger partial charge in [0.2, 0.25) is 0 Å². The average molecular weight is 292 g/mol. The lowest BCUT2D eigenvalue weighted by Crippen LogP contribution is -2.58. The highest BCUT2D eigenvalue weighted by molar-refractivity contribution is 5.83. The van der Waals surface area contributed by atoms with E-state index in [1.807, 2.05) is 24.4 Å². The highest BCUT2D eigenvalue weighted by Gasteiger charge is 2.37. The quantitative estimate of drug-likeness (QED) is 0.535. The van der Waals surface area contributed by atoms with Crippen molar-refractivity contribution in [2.24, 2.45) is 0 Å². The van der Waals surface area contributed by atoms with Crippen LogP contribution < -0.4 is 5.32 Å².